The molecule has 2 N–H and O–H groups in total. The smallest absolute Gasteiger partial charge is 0.191 e. The summed E-state index contributed by atoms with van der Waals surface area (Å²) in [5.41, 5.74) is 1.24. The van der Waals surface area contributed by atoms with Gasteiger partial charge in [-0.15, -0.1) is 0 Å². The number of guanidine groups is 1. The van der Waals surface area contributed by atoms with Crippen molar-refractivity contribution in [2.24, 2.45) is 4.99 Å². The Hall–Kier alpha value is -1.75. The minimum Gasteiger partial charge on any atom is -0.492 e. The van der Waals surface area contributed by atoms with Crippen LogP contribution in [0.3, 0.4) is 0 Å². The number of rotatable bonds is 7. The predicted molar refractivity (Wildman–Crippen MR) is 89.6 cm³/mol. The van der Waals surface area contributed by atoms with Crippen molar-refractivity contribution < 1.29 is 9.47 Å². The molecule has 1 fully saturated rings. The van der Waals surface area contributed by atoms with E-state index < -0.39 is 0 Å². The standard InChI is InChI=1S/C17H27N3O2/c1-3-18-17(20-13-16-5-4-11-21-16)19-10-12-22-15-8-6-14(2)7-9-15/h6-9,16H,3-5,10-13H2,1-2H3,(H2,18,19,20). The normalized spacial score (nSPS) is 18.3. The van der Waals surface area contributed by atoms with Crippen LogP contribution in [0.5, 0.6) is 5.75 Å². The second kappa shape index (κ2) is 9.30. The highest BCUT2D eigenvalue weighted by Gasteiger charge is 2.14. The van der Waals surface area contributed by atoms with E-state index in [1.54, 1.807) is 0 Å². The van der Waals surface area contributed by atoms with E-state index >= 15 is 0 Å². The molecule has 1 atom stereocenters. The summed E-state index contributed by atoms with van der Waals surface area (Å²) in [6.07, 6.45) is 2.54. The van der Waals surface area contributed by atoms with Gasteiger partial charge in [-0.3, -0.25) is 4.99 Å². The molecule has 0 aromatic heterocycles. The van der Waals surface area contributed by atoms with Gasteiger partial charge < -0.3 is 20.1 Å². The van der Waals surface area contributed by atoms with Gasteiger partial charge in [-0.2, -0.15) is 0 Å². The molecule has 5 heteroatoms. The molecule has 1 aliphatic heterocycles. The third-order valence-corrected chi connectivity index (χ3v) is 3.51. The lowest BCUT2D eigenvalue weighted by Crippen LogP contribution is -2.39. The third kappa shape index (κ3) is 5.93. The molecule has 0 radical (unpaired) electrons. The zero-order chi connectivity index (χ0) is 15.6. The van der Waals surface area contributed by atoms with Crippen LogP contribution in [-0.4, -0.2) is 44.9 Å². The zero-order valence-electron chi connectivity index (χ0n) is 13.6. The molecule has 0 spiro atoms. The fraction of sp³-hybridized carbons (Fsp3) is 0.588. The zero-order valence-corrected chi connectivity index (χ0v) is 13.6. The molecule has 1 unspecified atom stereocenters. The Morgan fingerprint density at radius 3 is 2.82 bits per heavy atom. The molecule has 0 amide bonds. The Kier molecular flexibility index (Phi) is 7.03. The number of hydrogen-bond donors (Lipinski definition) is 2. The molecule has 1 saturated heterocycles. The number of nitrogens with zero attached hydrogens (tertiary/aromatic N) is 1. The molecule has 1 aromatic carbocycles. The van der Waals surface area contributed by atoms with Crippen LogP contribution in [0, 0.1) is 6.92 Å². The van der Waals surface area contributed by atoms with Crippen LogP contribution >= 0.6 is 0 Å². The quantitative estimate of drug-likeness (QED) is 0.460. The van der Waals surface area contributed by atoms with Crippen molar-refractivity contribution in [3.05, 3.63) is 29.8 Å². The van der Waals surface area contributed by atoms with Crippen LogP contribution in [-0.2, 0) is 4.74 Å². The number of hydrogen-bond acceptors (Lipinski definition) is 3. The molecule has 122 valence electrons. The van der Waals surface area contributed by atoms with Crippen molar-refractivity contribution in [1.82, 2.24) is 10.6 Å². The highest BCUT2D eigenvalue weighted by atomic mass is 16.5. The highest BCUT2D eigenvalue weighted by molar-refractivity contribution is 5.79. The van der Waals surface area contributed by atoms with Gasteiger partial charge >= 0.3 is 0 Å². The SMILES string of the molecule is CCNC(=NCC1CCCO1)NCCOc1ccc(C)cc1. The van der Waals surface area contributed by atoms with Crippen LogP contribution in [0.25, 0.3) is 0 Å². The van der Waals surface area contributed by atoms with E-state index in [1.165, 1.54) is 5.56 Å². The first-order valence-corrected chi connectivity index (χ1v) is 8.11. The lowest BCUT2D eigenvalue weighted by molar-refractivity contribution is 0.117. The maximum Gasteiger partial charge on any atom is 0.191 e. The van der Waals surface area contributed by atoms with Crippen molar-refractivity contribution in [2.75, 3.05) is 32.8 Å². The number of nitrogens with one attached hydrogen (secondary N) is 2. The van der Waals surface area contributed by atoms with E-state index in [0.29, 0.717) is 19.7 Å². The van der Waals surface area contributed by atoms with Crippen LogP contribution < -0.4 is 15.4 Å². The lowest BCUT2D eigenvalue weighted by atomic mass is 10.2. The highest BCUT2D eigenvalue weighted by Crippen LogP contribution is 2.12. The molecule has 0 bridgehead atoms. The van der Waals surface area contributed by atoms with Gasteiger partial charge in [0.25, 0.3) is 0 Å². The van der Waals surface area contributed by atoms with Gasteiger partial charge in [-0.1, -0.05) is 17.7 Å². The molecule has 2 rings (SSSR count). The second-order valence-electron chi connectivity index (χ2n) is 5.44. The fourth-order valence-corrected chi connectivity index (χ4v) is 2.30. The van der Waals surface area contributed by atoms with Gasteiger partial charge in [0.2, 0.25) is 0 Å². The number of ether oxygens (including phenoxy) is 2. The van der Waals surface area contributed by atoms with Crippen LogP contribution in [0.2, 0.25) is 0 Å². The number of aliphatic imine (C=N–C) groups is 1. The summed E-state index contributed by atoms with van der Waals surface area (Å²) in [5.74, 6) is 1.72. The second-order valence-corrected chi connectivity index (χ2v) is 5.44. The molecular weight excluding hydrogens is 278 g/mol. The summed E-state index contributed by atoms with van der Waals surface area (Å²) in [6, 6.07) is 8.09. The predicted octanol–water partition coefficient (Wildman–Crippen LogP) is 2.11. The first-order valence-electron chi connectivity index (χ1n) is 8.11. The Labute approximate surface area is 133 Å². The summed E-state index contributed by atoms with van der Waals surface area (Å²) in [6.45, 7) is 7.88. The van der Waals surface area contributed by atoms with Gasteiger partial charge in [0.05, 0.1) is 19.2 Å². The van der Waals surface area contributed by atoms with Gasteiger partial charge in [0, 0.05) is 13.2 Å². The Balaban J connectivity index is 1.69. The van der Waals surface area contributed by atoms with Crippen molar-refractivity contribution in [2.45, 2.75) is 32.8 Å². The lowest BCUT2D eigenvalue weighted by Gasteiger charge is -2.13. The number of aryl methyl sites for hydroxylation is 1. The summed E-state index contributed by atoms with van der Waals surface area (Å²) in [5, 5.41) is 6.53. The first-order chi connectivity index (χ1) is 10.8. The van der Waals surface area contributed by atoms with Crippen LogP contribution in [0.1, 0.15) is 25.3 Å². The summed E-state index contributed by atoms with van der Waals surface area (Å²) in [4.78, 5) is 4.57. The topological polar surface area (TPSA) is 54.9 Å². The average Bonchev–Trinajstić information content (AvgIpc) is 3.04. The van der Waals surface area contributed by atoms with E-state index in [1.807, 2.05) is 12.1 Å². The maximum absolute atomic E-state index is 5.70. The van der Waals surface area contributed by atoms with E-state index in [2.05, 4.69) is 41.6 Å². The van der Waals surface area contributed by atoms with Gasteiger partial charge in [0.1, 0.15) is 12.4 Å². The van der Waals surface area contributed by atoms with Crippen molar-refractivity contribution in [1.29, 1.82) is 0 Å². The molecule has 1 aliphatic rings. The van der Waals surface area contributed by atoms with Gasteiger partial charge in [-0.25, -0.2) is 0 Å². The molecule has 0 saturated carbocycles. The third-order valence-electron chi connectivity index (χ3n) is 3.51. The average molecular weight is 305 g/mol. The minimum absolute atomic E-state index is 0.277. The largest absolute Gasteiger partial charge is 0.492 e. The Morgan fingerprint density at radius 1 is 1.32 bits per heavy atom. The van der Waals surface area contributed by atoms with Gasteiger partial charge in [0.15, 0.2) is 5.96 Å². The molecule has 1 aromatic rings. The minimum atomic E-state index is 0.277. The Morgan fingerprint density at radius 2 is 2.14 bits per heavy atom. The van der Waals surface area contributed by atoms with Crippen LogP contribution in [0.4, 0.5) is 0 Å². The van der Waals surface area contributed by atoms with E-state index in [4.69, 9.17) is 9.47 Å². The van der Waals surface area contributed by atoms with Crippen molar-refractivity contribution >= 4 is 5.96 Å². The molecule has 22 heavy (non-hydrogen) atoms. The van der Waals surface area contributed by atoms with E-state index in [0.717, 1.165) is 37.7 Å². The van der Waals surface area contributed by atoms with Gasteiger partial charge in [-0.05, 0) is 38.8 Å². The van der Waals surface area contributed by atoms with E-state index in [-0.39, 0.29) is 6.10 Å². The van der Waals surface area contributed by atoms with Crippen LogP contribution in [0.15, 0.2) is 29.3 Å². The Bertz CT molecular complexity index is 453. The summed E-state index contributed by atoms with van der Waals surface area (Å²) < 4.78 is 11.3. The number of benzene rings is 1. The monoisotopic (exact) mass is 305 g/mol. The van der Waals surface area contributed by atoms with E-state index in [9.17, 15) is 0 Å². The summed E-state index contributed by atoms with van der Waals surface area (Å²) >= 11 is 0. The maximum atomic E-state index is 5.70. The fourth-order valence-electron chi connectivity index (χ4n) is 2.30. The molecular formula is C17H27N3O2. The van der Waals surface area contributed by atoms with Crippen molar-refractivity contribution in [3.8, 4) is 5.75 Å². The molecule has 1 heterocycles. The molecule has 5 nitrogen and oxygen atoms in total. The summed E-state index contributed by atoms with van der Waals surface area (Å²) in [7, 11) is 0. The first kappa shape index (κ1) is 16.6. The van der Waals surface area contributed by atoms with Crippen molar-refractivity contribution in [3.63, 3.8) is 0 Å². The molecule has 0 aliphatic carbocycles.